The summed E-state index contributed by atoms with van der Waals surface area (Å²) in [5.41, 5.74) is 1.68. The number of hydrogen-bond donors (Lipinski definition) is 1. The number of imidazole rings is 1. The molecule has 2 aromatic carbocycles. The lowest BCUT2D eigenvalue weighted by atomic mass is 10.3. The number of rotatable bonds is 6. The SMILES string of the molecule is CCn1c(=O)n(CC(=O)Nc2ccc(S(=O)(=O)N(C)C)cc2)c2ccccc21. The molecule has 148 valence electrons. The first-order valence-corrected chi connectivity index (χ1v) is 10.2. The van der Waals surface area contributed by atoms with Gasteiger partial charge in [0, 0.05) is 26.3 Å². The standard InChI is InChI=1S/C19H22N4O4S/c1-4-22-16-7-5-6-8-17(16)23(19(22)25)13-18(24)20-14-9-11-15(12-10-14)28(26,27)21(2)3/h5-12H,4,13H2,1-3H3,(H,20,24). The summed E-state index contributed by atoms with van der Waals surface area (Å²) >= 11 is 0. The molecule has 1 heterocycles. The van der Waals surface area contributed by atoms with Gasteiger partial charge >= 0.3 is 5.69 Å². The van der Waals surface area contributed by atoms with Gasteiger partial charge in [0.25, 0.3) is 0 Å². The highest BCUT2D eigenvalue weighted by molar-refractivity contribution is 7.89. The maximum atomic E-state index is 12.6. The quantitative estimate of drug-likeness (QED) is 0.679. The van der Waals surface area contributed by atoms with Crippen LogP contribution in [0.3, 0.4) is 0 Å². The van der Waals surface area contributed by atoms with E-state index in [9.17, 15) is 18.0 Å². The third-order valence-corrected chi connectivity index (χ3v) is 6.29. The third-order valence-electron chi connectivity index (χ3n) is 4.46. The van der Waals surface area contributed by atoms with Crippen molar-refractivity contribution in [1.29, 1.82) is 0 Å². The van der Waals surface area contributed by atoms with Gasteiger partial charge in [-0.25, -0.2) is 17.5 Å². The van der Waals surface area contributed by atoms with Gasteiger partial charge in [-0.2, -0.15) is 0 Å². The van der Waals surface area contributed by atoms with Crippen molar-refractivity contribution in [2.45, 2.75) is 24.9 Å². The second-order valence-electron chi connectivity index (χ2n) is 6.46. The van der Waals surface area contributed by atoms with Crippen LogP contribution in [-0.2, 0) is 27.9 Å². The van der Waals surface area contributed by atoms with Crippen LogP contribution >= 0.6 is 0 Å². The molecule has 1 aromatic heterocycles. The van der Waals surface area contributed by atoms with Crippen LogP contribution in [0.5, 0.6) is 0 Å². The predicted molar refractivity (Wildman–Crippen MR) is 108 cm³/mol. The molecule has 0 fully saturated rings. The molecule has 8 nitrogen and oxygen atoms in total. The van der Waals surface area contributed by atoms with Gasteiger partial charge in [0.2, 0.25) is 15.9 Å². The summed E-state index contributed by atoms with van der Waals surface area (Å²) in [6.07, 6.45) is 0. The Hall–Kier alpha value is -2.91. The molecule has 0 bridgehead atoms. The van der Waals surface area contributed by atoms with E-state index in [0.717, 1.165) is 9.82 Å². The fourth-order valence-corrected chi connectivity index (χ4v) is 3.90. The van der Waals surface area contributed by atoms with E-state index in [1.807, 2.05) is 25.1 Å². The number of benzene rings is 2. The zero-order valence-electron chi connectivity index (χ0n) is 15.9. The Balaban J connectivity index is 1.81. The molecule has 0 spiro atoms. The Morgan fingerprint density at radius 3 is 2.11 bits per heavy atom. The van der Waals surface area contributed by atoms with Gasteiger partial charge in [0.05, 0.1) is 15.9 Å². The molecule has 0 aliphatic heterocycles. The lowest BCUT2D eigenvalue weighted by molar-refractivity contribution is -0.116. The number of nitrogens with one attached hydrogen (secondary N) is 1. The monoisotopic (exact) mass is 402 g/mol. The van der Waals surface area contributed by atoms with Crippen molar-refractivity contribution in [1.82, 2.24) is 13.4 Å². The number of aromatic nitrogens is 2. The van der Waals surface area contributed by atoms with Gasteiger partial charge < -0.3 is 5.32 Å². The molecule has 0 aliphatic carbocycles. The molecule has 0 saturated heterocycles. The summed E-state index contributed by atoms with van der Waals surface area (Å²) in [6.45, 7) is 2.25. The van der Waals surface area contributed by atoms with Crippen LogP contribution in [0.2, 0.25) is 0 Å². The van der Waals surface area contributed by atoms with Crippen molar-refractivity contribution < 1.29 is 13.2 Å². The second-order valence-corrected chi connectivity index (χ2v) is 8.61. The molecule has 1 amide bonds. The molecule has 3 rings (SSSR count). The number of para-hydroxylation sites is 2. The van der Waals surface area contributed by atoms with E-state index >= 15 is 0 Å². The maximum absolute atomic E-state index is 12.6. The number of nitrogens with zero attached hydrogens (tertiary/aromatic N) is 3. The Morgan fingerprint density at radius 1 is 1.00 bits per heavy atom. The average Bonchev–Trinajstić information content (AvgIpc) is 2.93. The molecule has 0 saturated carbocycles. The summed E-state index contributed by atoms with van der Waals surface area (Å²) in [6, 6.07) is 13.2. The summed E-state index contributed by atoms with van der Waals surface area (Å²) in [7, 11) is -0.621. The molecular formula is C19H22N4O4S. The summed E-state index contributed by atoms with van der Waals surface area (Å²) in [5.74, 6) is -0.371. The van der Waals surface area contributed by atoms with Crippen molar-refractivity contribution in [3.05, 3.63) is 59.0 Å². The lowest BCUT2D eigenvalue weighted by Gasteiger charge is -2.12. The van der Waals surface area contributed by atoms with E-state index in [1.54, 1.807) is 10.6 Å². The minimum absolute atomic E-state index is 0.135. The highest BCUT2D eigenvalue weighted by atomic mass is 32.2. The molecule has 28 heavy (non-hydrogen) atoms. The van der Waals surface area contributed by atoms with Crippen LogP contribution in [-0.4, -0.2) is 41.9 Å². The van der Waals surface area contributed by atoms with E-state index in [-0.39, 0.29) is 23.0 Å². The molecule has 0 aliphatic rings. The number of aryl methyl sites for hydroxylation is 1. The maximum Gasteiger partial charge on any atom is 0.329 e. The lowest BCUT2D eigenvalue weighted by Crippen LogP contribution is -2.29. The highest BCUT2D eigenvalue weighted by Gasteiger charge is 2.17. The van der Waals surface area contributed by atoms with Crippen molar-refractivity contribution in [2.75, 3.05) is 19.4 Å². The largest absolute Gasteiger partial charge is 0.329 e. The summed E-state index contributed by atoms with van der Waals surface area (Å²) in [5, 5.41) is 2.70. The highest BCUT2D eigenvalue weighted by Crippen LogP contribution is 2.17. The Bertz CT molecular complexity index is 1170. The Kier molecular flexibility index (Phi) is 5.39. The summed E-state index contributed by atoms with van der Waals surface area (Å²) in [4.78, 5) is 25.2. The van der Waals surface area contributed by atoms with E-state index in [0.29, 0.717) is 17.7 Å². The number of carbonyl (C=O) groups excluding carboxylic acids is 1. The van der Waals surface area contributed by atoms with Gasteiger partial charge in [-0.1, -0.05) is 12.1 Å². The van der Waals surface area contributed by atoms with E-state index < -0.39 is 10.0 Å². The number of anilines is 1. The molecule has 9 heteroatoms. The van der Waals surface area contributed by atoms with Crippen molar-refractivity contribution in [3.8, 4) is 0 Å². The van der Waals surface area contributed by atoms with Gasteiger partial charge in [-0.3, -0.25) is 13.9 Å². The first-order chi connectivity index (χ1) is 13.3. The number of carbonyl (C=O) groups is 1. The molecule has 0 radical (unpaired) electrons. The third kappa shape index (κ3) is 3.58. The smallest absolute Gasteiger partial charge is 0.325 e. The van der Waals surface area contributed by atoms with Gasteiger partial charge in [0.1, 0.15) is 6.54 Å². The minimum atomic E-state index is -3.53. The fourth-order valence-electron chi connectivity index (χ4n) is 3.00. The van der Waals surface area contributed by atoms with Gasteiger partial charge in [0.15, 0.2) is 0 Å². The number of amides is 1. The zero-order valence-corrected chi connectivity index (χ0v) is 16.7. The Labute approximate surface area is 163 Å². The van der Waals surface area contributed by atoms with Crippen LogP contribution in [0.15, 0.2) is 58.2 Å². The number of sulfonamides is 1. The first kappa shape index (κ1) is 19.8. The molecule has 1 N–H and O–H groups in total. The molecular weight excluding hydrogens is 380 g/mol. The van der Waals surface area contributed by atoms with Crippen molar-refractivity contribution in [2.24, 2.45) is 0 Å². The fraction of sp³-hybridized carbons (Fsp3) is 0.263. The first-order valence-electron chi connectivity index (χ1n) is 8.76. The number of fused-ring (bicyclic) bond motifs is 1. The topological polar surface area (TPSA) is 93.4 Å². The van der Waals surface area contributed by atoms with E-state index in [4.69, 9.17) is 0 Å². The van der Waals surface area contributed by atoms with E-state index in [2.05, 4.69) is 5.32 Å². The minimum Gasteiger partial charge on any atom is -0.325 e. The Morgan fingerprint density at radius 2 is 1.57 bits per heavy atom. The van der Waals surface area contributed by atoms with Crippen molar-refractivity contribution >= 4 is 32.7 Å². The van der Waals surface area contributed by atoms with Gasteiger partial charge in [-0.15, -0.1) is 0 Å². The summed E-state index contributed by atoms with van der Waals surface area (Å²) < 4.78 is 28.4. The molecule has 0 atom stereocenters. The molecule has 3 aromatic rings. The average molecular weight is 402 g/mol. The zero-order chi connectivity index (χ0) is 20.5. The van der Waals surface area contributed by atoms with Crippen LogP contribution in [0.25, 0.3) is 11.0 Å². The van der Waals surface area contributed by atoms with Crippen LogP contribution in [0.4, 0.5) is 5.69 Å². The molecule has 0 unspecified atom stereocenters. The normalized spacial score (nSPS) is 11.9. The number of hydrogen-bond acceptors (Lipinski definition) is 4. The van der Waals surface area contributed by atoms with Crippen molar-refractivity contribution in [3.63, 3.8) is 0 Å². The van der Waals surface area contributed by atoms with Gasteiger partial charge in [-0.05, 0) is 43.3 Å². The van der Waals surface area contributed by atoms with Crippen LogP contribution in [0.1, 0.15) is 6.92 Å². The predicted octanol–water partition coefficient (Wildman–Crippen LogP) is 1.71. The van der Waals surface area contributed by atoms with Crippen LogP contribution in [0, 0.1) is 0 Å². The second kappa shape index (κ2) is 7.61. The van der Waals surface area contributed by atoms with E-state index in [1.165, 1.54) is 42.9 Å². The van der Waals surface area contributed by atoms with Crippen LogP contribution < -0.4 is 11.0 Å².